The quantitative estimate of drug-likeness (QED) is 0.786. The van der Waals surface area contributed by atoms with Crippen molar-refractivity contribution in [1.82, 2.24) is 20.2 Å². The standard InChI is InChI=1S/C11H16N4O2S/c1-2-12-10(17)14-9(16)7-18-11-13-5-6-15(11)8-3-4-8/h5-6,8H,2-4,7H2,1H3,(H2,12,14,16,17). The molecule has 0 bridgehead atoms. The largest absolute Gasteiger partial charge is 0.338 e. The zero-order chi connectivity index (χ0) is 13.0. The topological polar surface area (TPSA) is 76.0 Å². The van der Waals surface area contributed by atoms with E-state index in [9.17, 15) is 9.59 Å². The smallest absolute Gasteiger partial charge is 0.321 e. The Morgan fingerprint density at radius 3 is 3.00 bits per heavy atom. The average molecular weight is 268 g/mol. The lowest BCUT2D eigenvalue weighted by Gasteiger charge is -2.06. The summed E-state index contributed by atoms with van der Waals surface area (Å²) in [6.07, 6.45) is 6.02. The van der Waals surface area contributed by atoms with Gasteiger partial charge in [-0.2, -0.15) is 0 Å². The van der Waals surface area contributed by atoms with Crippen LogP contribution in [-0.2, 0) is 4.79 Å². The number of amides is 3. The van der Waals surface area contributed by atoms with Crippen LogP contribution in [-0.4, -0.2) is 33.8 Å². The van der Waals surface area contributed by atoms with Crippen molar-refractivity contribution in [2.24, 2.45) is 0 Å². The SMILES string of the molecule is CCNC(=O)NC(=O)CSc1nccn1C1CC1. The number of imidazole rings is 1. The average Bonchev–Trinajstić information content (AvgIpc) is 3.06. The van der Waals surface area contributed by atoms with Crippen molar-refractivity contribution >= 4 is 23.7 Å². The Morgan fingerprint density at radius 2 is 2.33 bits per heavy atom. The second-order valence-electron chi connectivity index (χ2n) is 4.04. The third-order valence-electron chi connectivity index (χ3n) is 2.50. The summed E-state index contributed by atoms with van der Waals surface area (Å²) in [6.45, 7) is 2.30. The minimum atomic E-state index is -0.450. The van der Waals surface area contributed by atoms with Gasteiger partial charge in [-0.15, -0.1) is 0 Å². The van der Waals surface area contributed by atoms with Gasteiger partial charge in [-0.25, -0.2) is 9.78 Å². The molecule has 7 heteroatoms. The van der Waals surface area contributed by atoms with Crippen LogP contribution in [0, 0.1) is 0 Å². The van der Waals surface area contributed by atoms with Gasteiger partial charge in [0.15, 0.2) is 5.16 Å². The van der Waals surface area contributed by atoms with Gasteiger partial charge in [-0.1, -0.05) is 11.8 Å². The van der Waals surface area contributed by atoms with Gasteiger partial charge in [-0.3, -0.25) is 10.1 Å². The zero-order valence-corrected chi connectivity index (χ0v) is 11.0. The molecule has 0 atom stereocenters. The van der Waals surface area contributed by atoms with E-state index in [0.29, 0.717) is 12.6 Å². The Labute approximate surface area is 110 Å². The molecule has 0 unspecified atom stereocenters. The Kier molecular flexibility index (Phi) is 4.24. The van der Waals surface area contributed by atoms with E-state index in [0.717, 1.165) is 5.16 Å². The lowest BCUT2D eigenvalue weighted by atomic mass is 10.6. The molecule has 1 aliphatic carbocycles. The third-order valence-corrected chi connectivity index (χ3v) is 3.48. The predicted octanol–water partition coefficient (Wildman–Crippen LogP) is 1.16. The number of hydrogen-bond acceptors (Lipinski definition) is 4. The van der Waals surface area contributed by atoms with Gasteiger partial charge in [-0.05, 0) is 19.8 Å². The molecule has 0 spiro atoms. The molecule has 18 heavy (non-hydrogen) atoms. The molecule has 2 rings (SSSR count). The van der Waals surface area contributed by atoms with Crippen molar-refractivity contribution < 1.29 is 9.59 Å². The fourth-order valence-electron chi connectivity index (χ4n) is 1.54. The molecule has 1 heterocycles. The summed E-state index contributed by atoms with van der Waals surface area (Å²) in [4.78, 5) is 26.8. The Hall–Kier alpha value is -1.50. The van der Waals surface area contributed by atoms with Crippen LogP contribution in [0.4, 0.5) is 4.79 Å². The molecule has 6 nitrogen and oxygen atoms in total. The molecule has 1 aromatic rings. The Bertz CT molecular complexity index is 442. The molecule has 0 aliphatic heterocycles. The van der Waals surface area contributed by atoms with E-state index in [2.05, 4.69) is 20.2 Å². The molecule has 1 saturated carbocycles. The first-order valence-corrected chi connectivity index (χ1v) is 6.92. The van der Waals surface area contributed by atoms with E-state index in [1.165, 1.54) is 24.6 Å². The Balaban J connectivity index is 1.78. The molecule has 0 saturated heterocycles. The minimum Gasteiger partial charge on any atom is -0.338 e. The van der Waals surface area contributed by atoms with Crippen molar-refractivity contribution in [3.05, 3.63) is 12.4 Å². The maximum atomic E-state index is 11.5. The predicted molar refractivity (Wildman–Crippen MR) is 68.4 cm³/mol. The second kappa shape index (κ2) is 5.90. The first-order valence-electron chi connectivity index (χ1n) is 5.94. The lowest BCUT2D eigenvalue weighted by Crippen LogP contribution is -2.40. The highest BCUT2D eigenvalue weighted by molar-refractivity contribution is 7.99. The summed E-state index contributed by atoms with van der Waals surface area (Å²) in [7, 11) is 0. The highest BCUT2D eigenvalue weighted by atomic mass is 32.2. The molecule has 1 fully saturated rings. The van der Waals surface area contributed by atoms with Crippen LogP contribution in [0.3, 0.4) is 0 Å². The molecule has 3 amide bonds. The molecule has 0 radical (unpaired) electrons. The van der Waals surface area contributed by atoms with Crippen molar-refractivity contribution in [2.75, 3.05) is 12.3 Å². The molecular weight excluding hydrogens is 252 g/mol. The molecule has 98 valence electrons. The van der Waals surface area contributed by atoms with E-state index >= 15 is 0 Å². The van der Waals surface area contributed by atoms with Gasteiger partial charge in [0, 0.05) is 25.0 Å². The summed E-state index contributed by atoms with van der Waals surface area (Å²) in [6, 6.07) is 0.0927. The third kappa shape index (κ3) is 3.49. The van der Waals surface area contributed by atoms with E-state index in [1.807, 2.05) is 6.20 Å². The summed E-state index contributed by atoms with van der Waals surface area (Å²) in [5.74, 6) is -0.114. The van der Waals surface area contributed by atoms with E-state index in [1.54, 1.807) is 13.1 Å². The maximum absolute atomic E-state index is 11.5. The first-order chi connectivity index (χ1) is 8.70. The van der Waals surface area contributed by atoms with Gasteiger partial charge >= 0.3 is 6.03 Å². The number of nitrogens with zero attached hydrogens (tertiary/aromatic N) is 2. The molecule has 2 N–H and O–H groups in total. The summed E-state index contributed by atoms with van der Waals surface area (Å²) in [5, 5.41) is 5.61. The first kappa shape index (κ1) is 12.9. The van der Waals surface area contributed by atoms with Crippen molar-refractivity contribution in [2.45, 2.75) is 31.0 Å². The number of imide groups is 1. The van der Waals surface area contributed by atoms with Crippen LogP contribution in [0.1, 0.15) is 25.8 Å². The fourth-order valence-corrected chi connectivity index (χ4v) is 2.37. The van der Waals surface area contributed by atoms with Crippen LogP contribution < -0.4 is 10.6 Å². The fraction of sp³-hybridized carbons (Fsp3) is 0.545. The number of carbonyl (C=O) groups excluding carboxylic acids is 2. The maximum Gasteiger partial charge on any atom is 0.321 e. The van der Waals surface area contributed by atoms with Gasteiger partial charge in [0.2, 0.25) is 5.91 Å². The second-order valence-corrected chi connectivity index (χ2v) is 4.99. The normalized spacial score (nSPS) is 14.3. The van der Waals surface area contributed by atoms with Crippen LogP contribution in [0.2, 0.25) is 0 Å². The van der Waals surface area contributed by atoms with Crippen molar-refractivity contribution in [3.63, 3.8) is 0 Å². The summed E-state index contributed by atoms with van der Waals surface area (Å²) < 4.78 is 2.09. The number of urea groups is 1. The Morgan fingerprint density at radius 1 is 1.56 bits per heavy atom. The molecule has 1 aliphatic rings. The van der Waals surface area contributed by atoms with E-state index < -0.39 is 6.03 Å². The minimum absolute atomic E-state index is 0.195. The van der Waals surface area contributed by atoms with Crippen molar-refractivity contribution in [1.29, 1.82) is 0 Å². The van der Waals surface area contributed by atoms with Crippen LogP contribution in [0.5, 0.6) is 0 Å². The van der Waals surface area contributed by atoms with Crippen LogP contribution >= 0.6 is 11.8 Å². The molecule has 0 aromatic carbocycles. The van der Waals surface area contributed by atoms with Crippen molar-refractivity contribution in [3.8, 4) is 0 Å². The number of rotatable bonds is 5. The highest BCUT2D eigenvalue weighted by Gasteiger charge is 2.25. The number of nitrogens with one attached hydrogen (secondary N) is 2. The molecule has 1 aromatic heterocycles. The summed E-state index contributed by atoms with van der Waals surface area (Å²) in [5.41, 5.74) is 0. The van der Waals surface area contributed by atoms with E-state index in [-0.39, 0.29) is 11.7 Å². The monoisotopic (exact) mass is 268 g/mol. The highest BCUT2D eigenvalue weighted by Crippen LogP contribution is 2.37. The number of carbonyl (C=O) groups is 2. The van der Waals surface area contributed by atoms with Crippen LogP contribution in [0.15, 0.2) is 17.6 Å². The lowest BCUT2D eigenvalue weighted by molar-refractivity contribution is -0.117. The number of thioether (sulfide) groups is 1. The number of hydrogen-bond donors (Lipinski definition) is 2. The summed E-state index contributed by atoms with van der Waals surface area (Å²) >= 11 is 1.35. The number of aromatic nitrogens is 2. The van der Waals surface area contributed by atoms with Gasteiger partial charge < -0.3 is 9.88 Å². The van der Waals surface area contributed by atoms with E-state index in [4.69, 9.17) is 0 Å². The van der Waals surface area contributed by atoms with Gasteiger partial charge in [0.25, 0.3) is 0 Å². The van der Waals surface area contributed by atoms with Gasteiger partial charge in [0.1, 0.15) is 0 Å². The molecular formula is C11H16N4O2S. The zero-order valence-electron chi connectivity index (χ0n) is 10.2. The van der Waals surface area contributed by atoms with Crippen LogP contribution in [0.25, 0.3) is 0 Å². The van der Waals surface area contributed by atoms with Gasteiger partial charge in [0.05, 0.1) is 5.75 Å².